The van der Waals surface area contributed by atoms with Gasteiger partial charge in [0.25, 0.3) is 0 Å². The van der Waals surface area contributed by atoms with Crippen molar-refractivity contribution in [2.75, 3.05) is 0 Å². The van der Waals surface area contributed by atoms with Crippen molar-refractivity contribution in [3.05, 3.63) is 65.2 Å². The van der Waals surface area contributed by atoms with E-state index in [-0.39, 0.29) is 23.4 Å². The minimum absolute atomic E-state index is 0.0114. The third kappa shape index (κ3) is 2.33. The number of carbonyl (C=O) groups is 1. The van der Waals surface area contributed by atoms with E-state index in [0.717, 1.165) is 16.1 Å². The van der Waals surface area contributed by atoms with Gasteiger partial charge >= 0.3 is 0 Å². The van der Waals surface area contributed by atoms with E-state index in [4.69, 9.17) is 4.98 Å². The van der Waals surface area contributed by atoms with Crippen molar-refractivity contribution in [2.24, 2.45) is 0 Å². The predicted octanol–water partition coefficient (Wildman–Crippen LogP) is 4.76. The first-order valence-electron chi connectivity index (χ1n) is 8.20. The zero-order chi connectivity index (χ0) is 16.9. The van der Waals surface area contributed by atoms with Gasteiger partial charge < -0.3 is 4.90 Å². The second-order valence-corrected chi connectivity index (χ2v) is 8.29. The summed E-state index contributed by atoms with van der Waals surface area (Å²) in [5.41, 5.74) is 1.87. The number of fused-ring (bicyclic) bond motifs is 1. The van der Waals surface area contributed by atoms with Gasteiger partial charge in [0.2, 0.25) is 5.91 Å². The van der Waals surface area contributed by atoms with Crippen LogP contribution < -0.4 is 0 Å². The van der Waals surface area contributed by atoms with Gasteiger partial charge in [0.1, 0.15) is 5.01 Å². The summed E-state index contributed by atoms with van der Waals surface area (Å²) in [5, 5.41) is 1.03. The summed E-state index contributed by atoms with van der Waals surface area (Å²) in [6, 6.07) is 18.3. The van der Waals surface area contributed by atoms with Gasteiger partial charge in [-0.3, -0.25) is 4.79 Å². The zero-order valence-electron chi connectivity index (χ0n) is 14.1. The molecule has 1 fully saturated rings. The number of amides is 1. The highest BCUT2D eigenvalue weighted by Gasteiger charge is 2.54. The van der Waals surface area contributed by atoms with Crippen molar-refractivity contribution in [2.45, 2.75) is 38.3 Å². The van der Waals surface area contributed by atoms with Crippen LogP contribution in [0.2, 0.25) is 0 Å². The van der Waals surface area contributed by atoms with Gasteiger partial charge in [-0.05, 0) is 38.5 Å². The molecule has 2 heterocycles. The molecule has 4 rings (SSSR count). The van der Waals surface area contributed by atoms with Crippen molar-refractivity contribution in [1.29, 1.82) is 0 Å². The molecule has 0 saturated carbocycles. The summed E-state index contributed by atoms with van der Waals surface area (Å²) in [6.07, 6.45) is 0. The van der Waals surface area contributed by atoms with Crippen LogP contribution in [0.4, 0.5) is 0 Å². The van der Waals surface area contributed by atoms with E-state index in [0.29, 0.717) is 0 Å². The molecule has 2 unspecified atom stereocenters. The molecule has 3 aromatic rings. The Balaban J connectivity index is 1.82. The quantitative estimate of drug-likeness (QED) is 0.632. The number of likely N-dealkylation sites (tertiary alicyclic amines) is 1. The molecule has 1 aromatic heterocycles. The third-order valence-corrected chi connectivity index (χ3v) is 5.65. The number of thiazole rings is 1. The Morgan fingerprint density at radius 3 is 2.33 bits per heavy atom. The Labute approximate surface area is 146 Å². The topological polar surface area (TPSA) is 33.2 Å². The molecule has 0 bridgehead atoms. The highest BCUT2D eigenvalue weighted by atomic mass is 32.1. The first-order chi connectivity index (χ1) is 11.5. The van der Waals surface area contributed by atoms with E-state index in [1.165, 1.54) is 4.70 Å². The predicted molar refractivity (Wildman–Crippen MR) is 98.1 cm³/mol. The number of β-lactam (4-membered cyclic amide) rings is 1. The van der Waals surface area contributed by atoms with Crippen LogP contribution in [0.5, 0.6) is 0 Å². The molecule has 24 heavy (non-hydrogen) atoms. The average Bonchev–Trinajstić information content (AvgIpc) is 2.95. The van der Waals surface area contributed by atoms with Crippen molar-refractivity contribution < 1.29 is 4.79 Å². The van der Waals surface area contributed by atoms with Crippen LogP contribution in [0.3, 0.4) is 0 Å². The number of hydrogen-bond acceptors (Lipinski definition) is 3. The molecule has 1 aliphatic heterocycles. The summed E-state index contributed by atoms with van der Waals surface area (Å²) in [7, 11) is 0. The van der Waals surface area contributed by atoms with E-state index in [9.17, 15) is 4.79 Å². The van der Waals surface area contributed by atoms with Crippen LogP contribution in [0, 0.1) is 0 Å². The Hall–Kier alpha value is -2.20. The van der Waals surface area contributed by atoms with Crippen molar-refractivity contribution in [3.63, 3.8) is 0 Å². The molecule has 0 aliphatic carbocycles. The standard InChI is InChI=1S/C20H20N2OS/c1-20(2,3)22-17(16(19(22)23)13-9-5-4-6-10-13)18-21-14-11-7-8-12-15(14)24-18/h4-12,16-17H,1-3H3. The monoisotopic (exact) mass is 336 g/mol. The van der Waals surface area contributed by atoms with Crippen LogP contribution >= 0.6 is 11.3 Å². The fourth-order valence-electron chi connectivity index (χ4n) is 3.49. The van der Waals surface area contributed by atoms with E-state index in [2.05, 4.69) is 26.8 Å². The van der Waals surface area contributed by atoms with Crippen molar-refractivity contribution in [3.8, 4) is 0 Å². The maximum absolute atomic E-state index is 12.9. The van der Waals surface area contributed by atoms with Gasteiger partial charge in [-0.1, -0.05) is 42.5 Å². The van der Waals surface area contributed by atoms with Crippen LogP contribution in [-0.2, 0) is 4.79 Å². The van der Waals surface area contributed by atoms with Crippen molar-refractivity contribution in [1.82, 2.24) is 9.88 Å². The minimum atomic E-state index is -0.217. The number of para-hydroxylation sites is 1. The van der Waals surface area contributed by atoms with Crippen molar-refractivity contribution >= 4 is 27.5 Å². The van der Waals surface area contributed by atoms with Gasteiger partial charge in [-0.2, -0.15) is 0 Å². The lowest BCUT2D eigenvalue weighted by molar-refractivity contribution is -0.159. The Morgan fingerprint density at radius 1 is 1.00 bits per heavy atom. The van der Waals surface area contributed by atoms with Gasteiger partial charge in [0.15, 0.2) is 0 Å². The summed E-state index contributed by atoms with van der Waals surface area (Å²) in [6.45, 7) is 6.27. The molecule has 1 amide bonds. The first-order valence-corrected chi connectivity index (χ1v) is 9.02. The molecule has 2 aromatic carbocycles. The van der Waals surface area contributed by atoms with E-state index in [1.807, 2.05) is 53.4 Å². The van der Waals surface area contributed by atoms with Gasteiger partial charge in [-0.15, -0.1) is 11.3 Å². The molecule has 0 spiro atoms. The Morgan fingerprint density at radius 2 is 1.67 bits per heavy atom. The molecular weight excluding hydrogens is 316 g/mol. The summed E-state index contributed by atoms with van der Waals surface area (Å²) < 4.78 is 1.17. The Bertz CT molecular complexity index is 862. The van der Waals surface area contributed by atoms with E-state index in [1.54, 1.807) is 11.3 Å². The smallest absolute Gasteiger partial charge is 0.233 e. The molecule has 1 saturated heterocycles. The molecule has 122 valence electrons. The van der Waals surface area contributed by atoms with Crippen LogP contribution in [0.25, 0.3) is 10.2 Å². The zero-order valence-corrected chi connectivity index (χ0v) is 14.9. The van der Waals surface area contributed by atoms with Crippen LogP contribution in [0.1, 0.15) is 43.3 Å². The lowest BCUT2D eigenvalue weighted by Crippen LogP contribution is -2.60. The lowest BCUT2D eigenvalue weighted by Gasteiger charge is -2.53. The maximum Gasteiger partial charge on any atom is 0.233 e. The normalized spacial score (nSPS) is 21.1. The highest BCUT2D eigenvalue weighted by molar-refractivity contribution is 7.18. The third-order valence-electron chi connectivity index (χ3n) is 4.54. The minimum Gasteiger partial charge on any atom is -0.327 e. The molecule has 2 atom stereocenters. The number of benzene rings is 2. The number of hydrogen-bond donors (Lipinski definition) is 0. The summed E-state index contributed by atoms with van der Waals surface area (Å²) in [4.78, 5) is 19.7. The second-order valence-electron chi connectivity index (χ2n) is 7.23. The largest absolute Gasteiger partial charge is 0.327 e. The molecule has 3 nitrogen and oxygen atoms in total. The lowest BCUT2D eigenvalue weighted by atomic mass is 9.78. The second kappa shape index (κ2) is 5.42. The number of rotatable bonds is 2. The Kier molecular flexibility index (Phi) is 3.46. The molecule has 0 N–H and O–H groups in total. The summed E-state index contributed by atoms with van der Waals surface area (Å²) in [5.74, 6) is 0.0592. The molecule has 4 heteroatoms. The fourth-order valence-corrected chi connectivity index (χ4v) is 4.59. The van der Waals surface area contributed by atoms with E-state index >= 15 is 0 Å². The van der Waals surface area contributed by atoms with Crippen LogP contribution in [0.15, 0.2) is 54.6 Å². The highest BCUT2D eigenvalue weighted by Crippen LogP contribution is 2.51. The average molecular weight is 336 g/mol. The SMILES string of the molecule is CC(C)(C)N1C(=O)C(c2ccccc2)C1c1nc2ccccc2s1. The first kappa shape index (κ1) is 15.3. The number of aromatic nitrogens is 1. The fraction of sp³-hybridized carbons (Fsp3) is 0.300. The molecule has 1 aliphatic rings. The maximum atomic E-state index is 12.9. The summed E-state index contributed by atoms with van der Waals surface area (Å²) >= 11 is 1.70. The number of nitrogens with zero attached hydrogens (tertiary/aromatic N) is 2. The van der Waals surface area contributed by atoms with Gasteiger partial charge in [0, 0.05) is 5.54 Å². The van der Waals surface area contributed by atoms with E-state index < -0.39 is 0 Å². The number of carbonyl (C=O) groups excluding carboxylic acids is 1. The van der Waals surface area contributed by atoms with Crippen LogP contribution in [-0.4, -0.2) is 21.3 Å². The van der Waals surface area contributed by atoms with Gasteiger partial charge in [0.05, 0.1) is 22.2 Å². The molecule has 0 radical (unpaired) electrons. The van der Waals surface area contributed by atoms with Gasteiger partial charge in [-0.25, -0.2) is 4.98 Å². The molecular formula is C20H20N2OS.